The zero-order valence-electron chi connectivity index (χ0n) is 12.8. The van der Waals surface area contributed by atoms with E-state index in [1.165, 1.54) is 12.1 Å². The van der Waals surface area contributed by atoms with Crippen molar-refractivity contribution in [2.75, 3.05) is 11.9 Å². The molecule has 0 saturated carbocycles. The molecule has 22 heavy (non-hydrogen) atoms. The average Bonchev–Trinajstić information content (AvgIpc) is 2.36. The number of hydrogen-bond donors (Lipinski definition) is 1. The monoisotopic (exact) mass is 310 g/mol. The highest BCUT2D eigenvalue weighted by Gasteiger charge is 2.21. The van der Waals surface area contributed by atoms with Crippen molar-refractivity contribution in [3.8, 4) is 0 Å². The second kappa shape index (κ2) is 6.88. The fourth-order valence-electron chi connectivity index (χ4n) is 1.55. The van der Waals surface area contributed by atoms with Gasteiger partial charge < -0.3 is 9.47 Å². The Morgan fingerprint density at radius 2 is 1.95 bits per heavy atom. The molecular weight excluding hydrogens is 292 g/mol. The third-order valence-electron chi connectivity index (χ3n) is 2.34. The van der Waals surface area contributed by atoms with E-state index in [9.17, 15) is 19.7 Å². The number of nitro benzene ring substituents is 1. The summed E-state index contributed by atoms with van der Waals surface area (Å²) in [6.07, 6.45) is -0.771. The lowest BCUT2D eigenvalue weighted by atomic mass is 10.1. The first-order chi connectivity index (χ1) is 10.1. The maximum absolute atomic E-state index is 11.9. The highest BCUT2D eigenvalue weighted by Crippen LogP contribution is 2.24. The summed E-state index contributed by atoms with van der Waals surface area (Å²) in [6.45, 7) is 6.78. The topological polar surface area (TPSA) is 108 Å². The Labute approximate surface area is 127 Å². The molecule has 0 aromatic heterocycles. The van der Waals surface area contributed by atoms with Gasteiger partial charge in [0.15, 0.2) is 0 Å². The molecule has 0 unspecified atom stereocenters. The van der Waals surface area contributed by atoms with Crippen molar-refractivity contribution in [1.82, 2.24) is 0 Å². The molecule has 8 nitrogen and oxygen atoms in total. The number of non-ortho nitro benzene ring substituents is 1. The van der Waals surface area contributed by atoms with E-state index in [1.807, 2.05) is 0 Å². The van der Waals surface area contributed by atoms with Gasteiger partial charge in [0.1, 0.15) is 5.60 Å². The van der Waals surface area contributed by atoms with E-state index in [0.717, 1.165) is 6.07 Å². The molecule has 0 heterocycles. The molecule has 1 amide bonds. The van der Waals surface area contributed by atoms with Crippen LogP contribution in [0.3, 0.4) is 0 Å². The molecule has 0 radical (unpaired) electrons. The Kier molecular flexibility index (Phi) is 5.44. The van der Waals surface area contributed by atoms with Crippen LogP contribution in [0.15, 0.2) is 18.2 Å². The van der Waals surface area contributed by atoms with E-state index >= 15 is 0 Å². The molecule has 0 aliphatic rings. The van der Waals surface area contributed by atoms with E-state index in [1.54, 1.807) is 27.7 Å². The second-order valence-electron chi connectivity index (χ2n) is 5.33. The van der Waals surface area contributed by atoms with Crippen molar-refractivity contribution >= 4 is 23.4 Å². The van der Waals surface area contributed by atoms with E-state index in [0.29, 0.717) is 0 Å². The lowest BCUT2D eigenvalue weighted by Crippen LogP contribution is -2.27. The van der Waals surface area contributed by atoms with Crippen molar-refractivity contribution < 1.29 is 24.0 Å². The zero-order chi connectivity index (χ0) is 16.9. The molecule has 0 atom stereocenters. The first-order valence-electron chi connectivity index (χ1n) is 6.59. The summed E-state index contributed by atoms with van der Waals surface area (Å²) in [6, 6.07) is 3.48. The molecule has 1 N–H and O–H groups in total. The smallest absolute Gasteiger partial charge is 0.412 e. The minimum Gasteiger partial charge on any atom is -0.462 e. The summed E-state index contributed by atoms with van der Waals surface area (Å²) in [5.41, 5.74) is -1.02. The summed E-state index contributed by atoms with van der Waals surface area (Å²) in [4.78, 5) is 33.8. The molecule has 8 heteroatoms. The van der Waals surface area contributed by atoms with Gasteiger partial charge in [-0.1, -0.05) is 0 Å². The minimum absolute atomic E-state index is 0.0818. The van der Waals surface area contributed by atoms with Crippen LogP contribution in [-0.4, -0.2) is 29.2 Å². The van der Waals surface area contributed by atoms with Crippen LogP contribution in [0, 0.1) is 10.1 Å². The Morgan fingerprint density at radius 3 is 2.45 bits per heavy atom. The van der Waals surface area contributed by atoms with Crippen LogP contribution >= 0.6 is 0 Å². The lowest BCUT2D eigenvalue weighted by molar-refractivity contribution is -0.384. The van der Waals surface area contributed by atoms with E-state index in [2.05, 4.69) is 5.32 Å². The number of carbonyl (C=O) groups is 2. The van der Waals surface area contributed by atoms with Gasteiger partial charge >= 0.3 is 12.1 Å². The highest BCUT2D eigenvalue weighted by atomic mass is 16.6. The number of carbonyl (C=O) groups excluding carboxylic acids is 2. The summed E-state index contributed by atoms with van der Waals surface area (Å²) < 4.78 is 9.91. The normalized spacial score (nSPS) is 10.7. The zero-order valence-corrected chi connectivity index (χ0v) is 12.8. The number of anilines is 1. The van der Waals surface area contributed by atoms with Crippen LogP contribution in [0.5, 0.6) is 0 Å². The van der Waals surface area contributed by atoms with Crippen LogP contribution < -0.4 is 5.32 Å². The number of esters is 1. The quantitative estimate of drug-likeness (QED) is 0.520. The van der Waals surface area contributed by atoms with E-state index in [-0.39, 0.29) is 23.5 Å². The van der Waals surface area contributed by atoms with Gasteiger partial charge in [0.2, 0.25) is 0 Å². The van der Waals surface area contributed by atoms with Gasteiger partial charge in [-0.25, -0.2) is 9.59 Å². The first-order valence-corrected chi connectivity index (χ1v) is 6.59. The second-order valence-corrected chi connectivity index (χ2v) is 5.33. The third kappa shape index (κ3) is 5.04. The maximum Gasteiger partial charge on any atom is 0.412 e. The average molecular weight is 310 g/mol. The van der Waals surface area contributed by atoms with E-state index < -0.39 is 22.6 Å². The summed E-state index contributed by atoms with van der Waals surface area (Å²) in [5, 5.41) is 13.2. The fraction of sp³-hybridized carbons (Fsp3) is 0.429. The summed E-state index contributed by atoms with van der Waals surface area (Å²) in [7, 11) is 0. The Bertz CT molecular complexity index is 591. The van der Waals surface area contributed by atoms with E-state index in [4.69, 9.17) is 9.47 Å². The molecule has 0 saturated heterocycles. The molecule has 0 aliphatic heterocycles. The minimum atomic E-state index is -0.771. The summed E-state index contributed by atoms with van der Waals surface area (Å²) in [5.74, 6) is -0.766. The molecule has 1 aromatic carbocycles. The third-order valence-corrected chi connectivity index (χ3v) is 2.34. The Hall–Kier alpha value is -2.64. The predicted molar refractivity (Wildman–Crippen MR) is 78.9 cm³/mol. The van der Waals surface area contributed by atoms with Crippen LogP contribution in [0.4, 0.5) is 16.2 Å². The maximum atomic E-state index is 11.9. The standard InChI is InChI=1S/C14H18N2O6/c1-5-21-12(17)10-8-9(16(19)20)6-7-11(10)15-13(18)22-14(2,3)4/h6-8H,5H2,1-4H3,(H,15,18). The molecule has 0 aliphatic carbocycles. The van der Waals surface area contributed by atoms with Crippen LogP contribution in [0.2, 0.25) is 0 Å². The van der Waals surface area contributed by atoms with Crippen molar-refractivity contribution in [2.45, 2.75) is 33.3 Å². The van der Waals surface area contributed by atoms with Gasteiger partial charge in [-0.05, 0) is 33.8 Å². The molecule has 120 valence electrons. The number of benzene rings is 1. The number of nitro groups is 1. The van der Waals surface area contributed by atoms with Crippen LogP contribution in [0.1, 0.15) is 38.1 Å². The number of hydrogen-bond acceptors (Lipinski definition) is 6. The highest BCUT2D eigenvalue weighted by molar-refractivity contribution is 6.00. The molecule has 0 spiro atoms. The van der Waals surface area contributed by atoms with Crippen LogP contribution in [0.25, 0.3) is 0 Å². The predicted octanol–water partition coefficient (Wildman–Crippen LogP) is 3.12. The molecular formula is C14H18N2O6. The van der Waals surface area contributed by atoms with Crippen molar-refractivity contribution in [3.63, 3.8) is 0 Å². The van der Waals surface area contributed by atoms with Crippen molar-refractivity contribution in [1.29, 1.82) is 0 Å². The number of nitrogens with zero attached hydrogens (tertiary/aromatic N) is 1. The molecule has 0 bridgehead atoms. The number of nitrogens with one attached hydrogen (secondary N) is 1. The van der Waals surface area contributed by atoms with Crippen molar-refractivity contribution in [2.24, 2.45) is 0 Å². The van der Waals surface area contributed by atoms with Crippen molar-refractivity contribution in [3.05, 3.63) is 33.9 Å². The fourth-order valence-corrected chi connectivity index (χ4v) is 1.55. The Balaban J connectivity index is 3.09. The largest absolute Gasteiger partial charge is 0.462 e. The van der Waals surface area contributed by atoms with Gasteiger partial charge in [0.25, 0.3) is 5.69 Å². The van der Waals surface area contributed by atoms with Gasteiger partial charge in [-0.15, -0.1) is 0 Å². The lowest BCUT2D eigenvalue weighted by Gasteiger charge is -2.20. The Morgan fingerprint density at radius 1 is 1.32 bits per heavy atom. The van der Waals surface area contributed by atoms with Gasteiger partial charge in [-0.2, -0.15) is 0 Å². The molecule has 1 rings (SSSR count). The number of rotatable bonds is 4. The SMILES string of the molecule is CCOC(=O)c1cc([N+](=O)[O-])ccc1NC(=O)OC(C)(C)C. The van der Waals surface area contributed by atoms with Gasteiger partial charge in [0, 0.05) is 12.1 Å². The van der Waals surface area contributed by atoms with Crippen LogP contribution in [-0.2, 0) is 9.47 Å². The van der Waals surface area contributed by atoms with Gasteiger partial charge in [-0.3, -0.25) is 15.4 Å². The first kappa shape index (κ1) is 17.4. The number of amides is 1. The summed E-state index contributed by atoms with van der Waals surface area (Å²) >= 11 is 0. The number of ether oxygens (including phenoxy) is 2. The molecule has 0 fully saturated rings. The molecule has 1 aromatic rings. The van der Waals surface area contributed by atoms with Gasteiger partial charge in [0.05, 0.1) is 22.8 Å².